The molecule has 2 heterocycles. The second-order valence-electron chi connectivity index (χ2n) is 8.48. The number of anilines is 1. The summed E-state index contributed by atoms with van der Waals surface area (Å²) in [7, 11) is 0. The van der Waals surface area contributed by atoms with Gasteiger partial charge in [0.15, 0.2) is 5.71 Å². The summed E-state index contributed by atoms with van der Waals surface area (Å²) >= 11 is 0. The second-order valence-corrected chi connectivity index (χ2v) is 8.48. The number of amides is 1. The van der Waals surface area contributed by atoms with Crippen molar-refractivity contribution < 1.29 is 35.5 Å². The molecule has 0 N–H and O–H groups in total. The number of rotatable bonds is 6. The third kappa shape index (κ3) is 4.02. The maximum Gasteiger partial charge on any atom is 0.460 e. The first-order chi connectivity index (χ1) is 17.2. The summed E-state index contributed by atoms with van der Waals surface area (Å²) < 4.78 is 99.1. The van der Waals surface area contributed by atoms with Gasteiger partial charge in [0.25, 0.3) is 5.91 Å². The highest BCUT2D eigenvalue weighted by molar-refractivity contribution is 6.35. The maximum absolute atomic E-state index is 15.0. The van der Waals surface area contributed by atoms with Gasteiger partial charge in [-0.25, -0.2) is 0 Å². The predicted molar refractivity (Wildman–Crippen MR) is 127 cm³/mol. The van der Waals surface area contributed by atoms with Gasteiger partial charge in [0.05, 0.1) is 16.8 Å². The van der Waals surface area contributed by atoms with Crippen LogP contribution < -0.4 is 5.01 Å². The van der Waals surface area contributed by atoms with Crippen LogP contribution in [0.5, 0.6) is 0 Å². The van der Waals surface area contributed by atoms with Crippen molar-refractivity contribution in [1.82, 2.24) is 4.57 Å². The number of benzene rings is 2. The van der Waals surface area contributed by atoms with E-state index in [9.17, 15) is 35.5 Å². The van der Waals surface area contributed by atoms with Crippen LogP contribution in [0.15, 0.2) is 71.9 Å². The zero-order valence-electron chi connectivity index (χ0n) is 19.6. The number of carbonyl (C=O) groups excluding carboxylic acids is 1. The number of hydrogen-bond acceptors (Lipinski definition) is 2. The van der Waals surface area contributed by atoms with Crippen molar-refractivity contribution in [3.05, 3.63) is 83.6 Å². The van der Waals surface area contributed by atoms with Crippen LogP contribution in [0.1, 0.15) is 16.8 Å². The predicted octanol–water partition coefficient (Wildman–Crippen LogP) is 7.06. The van der Waals surface area contributed by atoms with Gasteiger partial charge < -0.3 is 4.57 Å². The molecule has 4 rings (SSSR count). The van der Waals surface area contributed by atoms with Crippen molar-refractivity contribution in [2.24, 2.45) is 5.10 Å². The Balaban J connectivity index is 2.00. The smallest absolute Gasteiger partial charge is 0.340 e. The van der Waals surface area contributed by atoms with Crippen LogP contribution in [0.4, 0.5) is 36.4 Å². The molecule has 0 saturated heterocycles. The molecule has 0 unspecified atom stereocenters. The lowest BCUT2D eigenvalue weighted by Crippen LogP contribution is -2.56. The van der Waals surface area contributed by atoms with Gasteiger partial charge >= 0.3 is 18.0 Å². The number of nitrogens with zero attached hydrogens (tertiary/aromatic N) is 3. The number of aryl methyl sites for hydroxylation is 1. The van der Waals surface area contributed by atoms with Crippen LogP contribution >= 0.6 is 0 Å². The molecule has 0 bridgehead atoms. The summed E-state index contributed by atoms with van der Waals surface area (Å²) in [6.07, 6.45) is -4.11. The highest BCUT2D eigenvalue weighted by Crippen LogP contribution is 2.49. The van der Waals surface area contributed by atoms with E-state index < -0.39 is 35.2 Å². The van der Waals surface area contributed by atoms with Crippen LogP contribution in [-0.4, -0.2) is 34.2 Å². The molecule has 37 heavy (non-hydrogen) atoms. The monoisotopic (exact) mass is 523 g/mol. The Labute approximate surface area is 207 Å². The molecule has 0 aliphatic carbocycles. The minimum absolute atomic E-state index is 0.0822. The number of fused-ring (bicyclic) bond motifs is 1. The molecule has 0 atom stereocenters. The summed E-state index contributed by atoms with van der Waals surface area (Å²) in [5.41, 5.74) is -0.992. The van der Waals surface area contributed by atoms with E-state index in [1.54, 1.807) is 42.7 Å². The molecule has 1 aliphatic heterocycles. The first-order valence-electron chi connectivity index (χ1n) is 11.0. The minimum Gasteiger partial charge on any atom is -0.340 e. The van der Waals surface area contributed by atoms with Gasteiger partial charge in [0, 0.05) is 23.2 Å². The van der Waals surface area contributed by atoms with Crippen LogP contribution in [-0.2, 0) is 11.3 Å². The fraction of sp³-hybridized carbons (Fsp3) is 0.231. The topological polar surface area (TPSA) is 37.6 Å². The first kappa shape index (κ1) is 26.2. The molecule has 1 aliphatic rings. The Morgan fingerprint density at radius 3 is 2.19 bits per heavy atom. The zero-order valence-corrected chi connectivity index (χ0v) is 19.6. The average Bonchev–Trinajstić information content (AvgIpc) is 3.30. The van der Waals surface area contributed by atoms with Crippen molar-refractivity contribution in [2.45, 2.75) is 38.4 Å². The third-order valence-electron chi connectivity index (χ3n) is 6.12. The molecule has 194 valence electrons. The van der Waals surface area contributed by atoms with Crippen LogP contribution in [0.25, 0.3) is 17.0 Å². The lowest BCUT2D eigenvalue weighted by Gasteiger charge is -2.27. The molecular formula is C26H20F7N3O. The molecular weight excluding hydrogens is 503 g/mol. The van der Waals surface area contributed by atoms with Crippen molar-refractivity contribution in [3.63, 3.8) is 0 Å². The number of halogens is 7. The molecule has 1 amide bonds. The van der Waals surface area contributed by atoms with E-state index in [0.717, 1.165) is 11.6 Å². The Morgan fingerprint density at radius 1 is 0.946 bits per heavy atom. The van der Waals surface area contributed by atoms with E-state index in [1.165, 1.54) is 30.3 Å². The van der Waals surface area contributed by atoms with Gasteiger partial charge in [-0.2, -0.15) is 40.8 Å². The quantitative estimate of drug-likeness (QED) is 0.194. The molecule has 0 spiro atoms. The summed E-state index contributed by atoms with van der Waals surface area (Å²) in [6, 6.07) is 12.1. The summed E-state index contributed by atoms with van der Waals surface area (Å²) in [5.74, 6) is -13.6. The zero-order chi connectivity index (χ0) is 27.3. The van der Waals surface area contributed by atoms with Crippen LogP contribution in [0.2, 0.25) is 0 Å². The molecule has 2 aromatic carbocycles. The highest BCUT2D eigenvalue weighted by atomic mass is 19.4. The maximum atomic E-state index is 15.0. The minimum atomic E-state index is -6.60. The van der Waals surface area contributed by atoms with Crippen molar-refractivity contribution >= 4 is 34.3 Å². The van der Waals surface area contributed by atoms with Gasteiger partial charge in [-0.05, 0) is 37.6 Å². The Hall–Kier alpha value is -3.89. The van der Waals surface area contributed by atoms with Crippen molar-refractivity contribution in [3.8, 4) is 0 Å². The van der Waals surface area contributed by atoms with Crippen LogP contribution in [0, 0.1) is 13.8 Å². The van der Waals surface area contributed by atoms with E-state index in [2.05, 4.69) is 11.7 Å². The first-order valence-corrected chi connectivity index (χ1v) is 11.0. The van der Waals surface area contributed by atoms with E-state index in [-0.39, 0.29) is 11.3 Å². The van der Waals surface area contributed by atoms with E-state index in [1.807, 2.05) is 0 Å². The molecule has 0 saturated carbocycles. The Kier molecular flexibility index (Phi) is 6.29. The number of alkyl halides is 7. The molecule has 3 aromatic rings. The number of allylic oxidation sites excluding steroid dienone is 1. The van der Waals surface area contributed by atoms with E-state index in [4.69, 9.17) is 0 Å². The molecule has 0 fully saturated rings. The van der Waals surface area contributed by atoms with Crippen molar-refractivity contribution in [2.75, 3.05) is 5.01 Å². The fourth-order valence-corrected chi connectivity index (χ4v) is 4.27. The summed E-state index contributed by atoms with van der Waals surface area (Å²) in [4.78, 5) is 13.3. The Morgan fingerprint density at radius 2 is 1.59 bits per heavy atom. The lowest BCUT2D eigenvalue weighted by molar-refractivity contribution is -0.336. The standard InChI is InChI=1S/C26H20F7N3O/c1-4-13-35-16(3)19(18-12-8-9-15(2)21(18)35)14-20-22(24(27,28)25(29,30)26(31,32)33)34-36(23(20)37)17-10-6-5-7-11-17/h4-12,14H,1,13H2,2-3H3/b20-14+. The normalized spacial score (nSPS) is 16.1. The summed E-state index contributed by atoms with van der Waals surface area (Å²) in [6.45, 7) is 7.39. The van der Waals surface area contributed by atoms with Crippen LogP contribution in [0.3, 0.4) is 0 Å². The SMILES string of the molecule is C=CCn1c(C)c(/C=C2/C(=O)N(c3ccccc3)N=C2C(F)(F)C(F)(F)C(F)(F)F)c2cccc(C)c21. The number of carbonyl (C=O) groups is 1. The largest absolute Gasteiger partial charge is 0.460 e. The average molecular weight is 523 g/mol. The Bertz CT molecular complexity index is 1450. The second kappa shape index (κ2) is 8.89. The highest BCUT2D eigenvalue weighted by Gasteiger charge is 2.76. The van der Waals surface area contributed by atoms with E-state index in [0.29, 0.717) is 28.2 Å². The third-order valence-corrected chi connectivity index (χ3v) is 6.12. The molecule has 11 heteroatoms. The number of hydrogen-bond donors (Lipinski definition) is 0. The fourth-order valence-electron chi connectivity index (χ4n) is 4.27. The summed E-state index contributed by atoms with van der Waals surface area (Å²) in [5, 5.41) is 4.20. The van der Waals surface area contributed by atoms with Crippen molar-refractivity contribution in [1.29, 1.82) is 0 Å². The number of aromatic nitrogens is 1. The number of hydrazone groups is 1. The van der Waals surface area contributed by atoms with E-state index >= 15 is 0 Å². The van der Waals surface area contributed by atoms with Gasteiger partial charge in [-0.3, -0.25) is 4.79 Å². The molecule has 0 radical (unpaired) electrons. The van der Waals surface area contributed by atoms with Gasteiger partial charge in [-0.15, -0.1) is 6.58 Å². The molecule has 1 aromatic heterocycles. The lowest BCUT2D eigenvalue weighted by atomic mass is 9.96. The number of para-hydroxylation sites is 2. The van der Waals surface area contributed by atoms with Gasteiger partial charge in [-0.1, -0.05) is 42.5 Å². The van der Waals surface area contributed by atoms with Gasteiger partial charge in [0.2, 0.25) is 0 Å². The molecule has 4 nitrogen and oxygen atoms in total. The van der Waals surface area contributed by atoms with Gasteiger partial charge in [0.1, 0.15) is 0 Å².